The number of ether oxygens (including phenoxy) is 2. The largest absolute Gasteiger partial charge is 0.502 e. The van der Waals surface area contributed by atoms with E-state index in [0.717, 1.165) is 37.9 Å². The van der Waals surface area contributed by atoms with E-state index in [-0.39, 0.29) is 6.09 Å². The van der Waals surface area contributed by atoms with Crippen LogP contribution in [-0.2, 0) is 15.0 Å². The molecule has 1 fully saturated rings. The molecule has 0 heterocycles. The Hall–Kier alpha value is -1.97. The van der Waals surface area contributed by atoms with Gasteiger partial charge in [0, 0.05) is 0 Å². The van der Waals surface area contributed by atoms with Crippen molar-refractivity contribution in [3.63, 3.8) is 0 Å². The molecule has 0 spiro atoms. The van der Waals surface area contributed by atoms with E-state index in [4.69, 9.17) is 9.47 Å². The van der Waals surface area contributed by atoms with Crippen molar-refractivity contribution >= 4 is 6.09 Å². The molecule has 0 bridgehead atoms. The summed E-state index contributed by atoms with van der Waals surface area (Å²) in [5, 5.41) is 3.02. The number of hydrogen-bond donors (Lipinski definition) is 1. The third kappa shape index (κ3) is 6.60. The van der Waals surface area contributed by atoms with Gasteiger partial charge in [-0.2, -0.15) is 0 Å². The minimum Gasteiger partial charge on any atom is -0.502 e. The number of rotatable bonds is 8. The van der Waals surface area contributed by atoms with Crippen LogP contribution in [0.1, 0.15) is 70.4 Å². The van der Waals surface area contributed by atoms with Crippen LogP contribution in [0, 0.1) is 11.8 Å². The fourth-order valence-corrected chi connectivity index (χ4v) is 3.61. The van der Waals surface area contributed by atoms with E-state index in [1.54, 1.807) is 0 Å². The minimum absolute atomic E-state index is 0.341. The van der Waals surface area contributed by atoms with Crippen molar-refractivity contribution < 1.29 is 14.3 Å². The Balaban J connectivity index is 1.79. The second kappa shape index (κ2) is 9.82. The maximum Gasteiger partial charge on any atom is 0.407 e. The van der Waals surface area contributed by atoms with Crippen LogP contribution in [-0.4, -0.2) is 19.3 Å². The number of alkyl carbamates (subject to hydrolysis) is 1. The number of nitrogens with one attached hydrogen (secondary N) is 1. The van der Waals surface area contributed by atoms with Crippen molar-refractivity contribution in [3.8, 4) is 0 Å². The first kappa shape index (κ1) is 21.3. The molecule has 1 aromatic carbocycles. The smallest absolute Gasteiger partial charge is 0.407 e. The van der Waals surface area contributed by atoms with Crippen LogP contribution in [0.3, 0.4) is 0 Å². The van der Waals surface area contributed by atoms with Gasteiger partial charge in [0.2, 0.25) is 0 Å². The van der Waals surface area contributed by atoms with Crippen LogP contribution in [0.25, 0.3) is 0 Å². The molecule has 0 aromatic heterocycles. The van der Waals surface area contributed by atoms with Gasteiger partial charge in [-0.1, -0.05) is 44.7 Å². The second-order valence-electron chi connectivity index (χ2n) is 8.52. The first-order valence-electron chi connectivity index (χ1n) is 10.1. The van der Waals surface area contributed by atoms with E-state index < -0.39 is 5.54 Å². The number of carbonyl (C=O) groups is 1. The summed E-state index contributed by atoms with van der Waals surface area (Å²) in [6.45, 7) is 13.2. The normalized spacial score (nSPS) is 20.2. The third-order valence-electron chi connectivity index (χ3n) is 5.56. The average molecular weight is 374 g/mol. The topological polar surface area (TPSA) is 47.6 Å². The lowest BCUT2D eigenvalue weighted by Crippen LogP contribution is -2.42. The van der Waals surface area contributed by atoms with Gasteiger partial charge < -0.3 is 14.8 Å². The van der Waals surface area contributed by atoms with Crippen LogP contribution in [0.2, 0.25) is 0 Å². The molecule has 0 saturated heterocycles. The maximum atomic E-state index is 12.3. The molecule has 1 saturated carbocycles. The van der Waals surface area contributed by atoms with E-state index in [9.17, 15) is 4.79 Å². The van der Waals surface area contributed by atoms with Gasteiger partial charge in [0.1, 0.15) is 0 Å². The summed E-state index contributed by atoms with van der Waals surface area (Å²) in [5.74, 6) is 1.50. The van der Waals surface area contributed by atoms with Crippen molar-refractivity contribution in [2.24, 2.45) is 11.8 Å². The Morgan fingerprint density at radius 2 is 1.85 bits per heavy atom. The first-order valence-corrected chi connectivity index (χ1v) is 10.1. The van der Waals surface area contributed by atoms with Gasteiger partial charge in [0.25, 0.3) is 0 Å². The molecule has 27 heavy (non-hydrogen) atoms. The van der Waals surface area contributed by atoms with Gasteiger partial charge in [-0.15, -0.1) is 0 Å². The van der Waals surface area contributed by atoms with Crippen molar-refractivity contribution in [2.45, 2.75) is 64.8 Å². The second-order valence-corrected chi connectivity index (χ2v) is 8.52. The van der Waals surface area contributed by atoms with Crippen LogP contribution in [0.4, 0.5) is 4.79 Å². The molecular weight excluding hydrogens is 338 g/mol. The molecule has 1 amide bonds. The summed E-state index contributed by atoms with van der Waals surface area (Å²) in [6.07, 6.45) is 5.58. The molecule has 1 aromatic rings. The van der Waals surface area contributed by atoms with Crippen molar-refractivity contribution in [2.75, 3.05) is 13.2 Å². The Kier molecular flexibility index (Phi) is 7.76. The lowest BCUT2D eigenvalue weighted by molar-refractivity contribution is 0.0901. The molecule has 4 nitrogen and oxygen atoms in total. The van der Waals surface area contributed by atoms with E-state index in [0.29, 0.717) is 24.4 Å². The highest BCUT2D eigenvalue weighted by Crippen LogP contribution is 2.29. The predicted molar refractivity (Wildman–Crippen MR) is 110 cm³/mol. The zero-order valence-corrected chi connectivity index (χ0v) is 17.3. The summed E-state index contributed by atoms with van der Waals surface area (Å²) >= 11 is 0. The van der Waals surface area contributed by atoms with Crippen molar-refractivity contribution in [3.05, 3.63) is 48.2 Å². The number of hydrogen-bond acceptors (Lipinski definition) is 3. The van der Waals surface area contributed by atoms with Crippen LogP contribution >= 0.6 is 0 Å². The van der Waals surface area contributed by atoms with Crippen LogP contribution < -0.4 is 5.32 Å². The Labute approximate surface area is 164 Å². The quantitative estimate of drug-likeness (QED) is 0.591. The lowest BCUT2D eigenvalue weighted by Gasteiger charge is -2.29. The first-order chi connectivity index (χ1) is 12.8. The summed E-state index contributed by atoms with van der Waals surface area (Å²) in [4.78, 5) is 12.3. The van der Waals surface area contributed by atoms with E-state index >= 15 is 0 Å². The fraction of sp³-hybridized carbons (Fsp3) is 0.609. The van der Waals surface area contributed by atoms with Crippen LogP contribution in [0.15, 0.2) is 37.1 Å². The minimum atomic E-state index is -0.471. The number of amides is 1. The highest BCUT2D eigenvalue weighted by atomic mass is 16.5. The Morgan fingerprint density at radius 3 is 2.44 bits per heavy atom. The summed E-state index contributed by atoms with van der Waals surface area (Å²) in [7, 11) is 0. The molecule has 150 valence electrons. The average Bonchev–Trinajstić information content (AvgIpc) is 2.65. The van der Waals surface area contributed by atoms with Gasteiger partial charge in [-0.05, 0) is 68.4 Å². The monoisotopic (exact) mass is 373 g/mol. The molecule has 1 N–H and O–H groups in total. The van der Waals surface area contributed by atoms with Crippen LogP contribution in [0.5, 0.6) is 0 Å². The fourth-order valence-electron chi connectivity index (χ4n) is 3.61. The highest BCUT2D eigenvalue weighted by molar-refractivity contribution is 5.68. The molecule has 1 aliphatic rings. The lowest BCUT2D eigenvalue weighted by atomic mass is 9.83. The Bertz CT molecular complexity index is 616. The van der Waals surface area contributed by atoms with Gasteiger partial charge in [-0.25, -0.2) is 4.79 Å². The van der Waals surface area contributed by atoms with Crippen molar-refractivity contribution in [1.29, 1.82) is 0 Å². The Morgan fingerprint density at radius 1 is 1.22 bits per heavy atom. The summed E-state index contributed by atoms with van der Waals surface area (Å²) < 4.78 is 10.8. The molecule has 1 aliphatic carbocycles. The third-order valence-corrected chi connectivity index (χ3v) is 5.56. The molecule has 0 radical (unpaired) electrons. The number of carbonyl (C=O) groups excluding carboxylic acids is 1. The van der Waals surface area contributed by atoms with Gasteiger partial charge in [-0.3, -0.25) is 0 Å². The van der Waals surface area contributed by atoms with E-state index in [1.165, 1.54) is 11.8 Å². The molecule has 0 atom stereocenters. The molecule has 0 aliphatic heterocycles. The number of benzene rings is 1. The zero-order chi connectivity index (χ0) is 19.9. The predicted octanol–water partition coefficient (Wildman–Crippen LogP) is 5.74. The van der Waals surface area contributed by atoms with Gasteiger partial charge >= 0.3 is 6.09 Å². The molecule has 4 heteroatoms. The molecular formula is C23H35NO3. The zero-order valence-electron chi connectivity index (χ0n) is 17.3. The SMILES string of the molecule is C=COCC1CCC(COC(=O)NC(C)(C)c2cccc(C(C)C)c2)CC1. The standard InChI is InChI=1S/C23H35NO3/c1-6-26-15-18-10-12-19(13-11-18)16-27-22(25)24-23(4,5)21-9-7-8-20(14-21)17(2)3/h6-9,14,17-19H,1,10-13,15-16H2,2-5H3,(H,24,25). The highest BCUT2D eigenvalue weighted by Gasteiger charge is 2.26. The van der Waals surface area contributed by atoms with Gasteiger partial charge in [0.15, 0.2) is 0 Å². The maximum absolute atomic E-state index is 12.3. The summed E-state index contributed by atoms with van der Waals surface area (Å²) in [5.41, 5.74) is 1.89. The van der Waals surface area contributed by atoms with E-state index in [2.05, 4.69) is 43.9 Å². The van der Waals surface area contributed by atoms with Gasteiger partial charge in [0.05, 0.1) is 25.0 Å². The van der Waals surface area contributed by atoms with E-state index in [1.807, 2.05) is 19.9 Å². The summed E-state index contributed by atoms with van der Waals surface area (Å²) in [6, 6.07) is 8.39. The molecule has 2 rings (SSSR count). The van der Waals surface area contributed by atoms with Crippen molar-refractivity contribution in [1.82, 2.24) is 5.32 Å². The molecule has 0 unspecified atom stereocenters.